The molecule has 0 aliphatic rings. The first-order valence-corrected chi connectivity index (χ1v) is 7.27. The third-order valence-electron chi connectivity index (χ3n) is 3.18. The molecule has 0 bridgehead atoms. The molecular weight excluding hydrogens is 266 g/mol. The van der Waals surface area contributed by atoms with Crippen LogP contribution in [0, 0.1) is 6.92 Å². The van der Waals surface area contributed by atoms with Gasteiger partial charge in [0.1, 0.15) is 10.8 Å². The highest BCUT2D eigenvalue weighted by molar-refractivity contribution is 7.15. The first-order valence-electron chi connectivity index (χ1n) is 6.46. The summed E-state index contributed by atoms with van der Waals surface area (Å²) in [5.74, 6) is 0.862. The summed E-state index contributed by atoms with van der Waals surface area (Å²) < 4.78 is 5.42. The second-order valence-corrected chi connectivity index (χ2v) is 5.69. The fourth-order valence-electron chi connectivity index (χ4n) is 2.20. The van der Waals surface area contributed by atoms with Crippen LogP contribution < -0.4 is 4.74 Å². The lowest BCUT2D eigenvalue weighted by Gasteiger charge is -2.04. The molecule has 100 valence electrons. The van der Waals surface area contributed by atoms with Crippen molar-refractivity contribution in [2.45, 2.75) is 6.92 Å². The van der Waals surface area contributed by atoms with Gasteiger partial charge >= 0.3 is 0 Å². The molecule has 0 saturated carbocycles. The number of rotatable bonds is 3. The fraction of sp³-hybridized carbons (Fsp3) is 0.118. The van der Waals surface area contributed by atoms with E-state index in [2.05, 4.69) is 19.1 Å². The van der Waals surface area contributed by atoms with Crippen LogP contribution >= 0.6 is 11.3 Å². The van der Waals surface area contributed by atoms with Crippen LogP contribution in [-0.2, 0) is 0 Å². The number of methoxy groups -OCH3 is 1. The van der Waals surface area contributed by atoms with Gasteiger partial charge in [0.2, 0.25) is 0 Å². The zero-order chi connectivity index (χ0) is 13.9. The van der Waals surface area contributed by atoms with E-state index in [-0.39, 0.29) is 0 Å². The van der Waals surface area contributed by atoms with Gasteiger partial charge < -0.3 is 4.74 Å². The van der Waals surface area contributed by atoms with E-state index in [1.165, 1.54) is 4.88 Å². The number of benzene rings is 2. The van der Waals surface area contributed by atoms with Crippen LogP contribution in [-0.4, -0.2) is 12.1 Å². The van der Waals surface area contributed by atoms with Gasteiger partial charge in [0.05, 0.1) is 18.4 Å². The third-order valence-corrected chi connectivity index (χ3v) is 4.19. The van der Waals surface area contributed by atoms with Gasteiger partial charge in [0.15, 0.2) is 0 Å². The molecule has 0 aliphatic carbocycles. The molecule has 0 aliphatic heterocycles. The molecule has 0 N–H and O–H groups in total. The SMILES string of the molecule is COc1ccccc1-c1nc(-c2ccccc2)c(C)s1. The molecule has 3 heteroatoms. The van der Waals surface area contributed by atoms with E-state index in [0.717, 1.165) is 27.6 Å². The predicted octanol–water partition coefficient (Wildman–Crippen LogP) is 4.79. The molecule has 0 unspecified atom stereocenters. The molecule has 0 fully saturated rings. The molecule has 2 nitrogen and oxygen atoms in total. The van der Waals surface area contributed by atoms with Crippen LogP contribution in [0.2, 0.25) is 0 Å². The van der Waals surface area contributed by atoms with Gasteiger partial charge in [-0.25, -0.2) is 4.98 Å². The summed E-state index contributed by atoms with van der Waals surface area (Å²) in [6.07, 6.45) is 0. The minimum atomic E-state index is 0.862. The zero-order valence-electron chi connectivity index (χ0n) is 11.5. The van der Waals surface area contributed by atoms with Crippen LogP contribution in [0.5, 0.6) is 5.75 Å². The summed E-state index contributed by atoms with van der Waals surface area (Å²) >= 11 is 1.70. The van der Waals surface area contributed by atoms with Crippen molar-refractivity contribution < 1.29 is 4.74 Å². The summed E-state index contributed by atoms with van der Waals surface area (Å²) in [6.45, 7) is 2.11. The Balaban J connectivity index is 2.09. The monoisotopic (exact) mass is 281 g/mol. The molecule has 0 spiro atoms. The minimum Gasteiger partial charge on any atom is -0.496 e. The summed E-state index contributed by atoms with van der Waals surface area (Å²) in [7, 11) is 1.69. The Morgan fingerprint density at radius 2 is 1.65 bits per heavy atom. The van der Waals surface area contributed by atoms with E-state index < -0.39 is 0 Å². The van der Waals surface area contributed by atoms with Crippen LogP contribution in [0.15, 0.2) is 54.6 Å². The average molecular weight is 281 g/mol. The normalized spacial score (nSPS) is 10.5. The molecule has 3 rings (SSSR count). The van der Waals surface area contributed by atoms with E-state index in [0.29, 0.717) is 0 Å². The molecule has 1 aromatic heterocycles. The zero-order valence-corrected chi connectivity index (χ0v) is 12.3. The lowest BCUT2D eigenvalue weighted by molar-refractivity contribution is 0.416. The van der Waals surface area contributed by atoms with Crippen molar-refractivity contribution in [1.29, 1.82) is 0 Å². The lowest BCUT2D eigenvalue weighted by Crippen LogP contribution is -1.87. The van der Waals surface area contributed by atoms with Gasteiger partial charge in [0.25, 0.3) is 0 Å². The van der Waals surface area contributed by atoms with Crippen molar-refractivity contribution in [3.05, 3.63) is 59.5 Å². The van der Waals surface area contributed by atoms with Crippen LogP contribution in [0.1, 0.15) is 4.88 Å². The van der Waals surface area contributed by atoms with Crippen LogP contribution in [0.25, 0.3) is 21.8 Å². The maximum Gasteiger partial charge on any atom is 0.129 e. The van der Waals surface area contributed by atoms with Crippen LogP contribution in [0.4, 0.5) is 0 Å². The molecule has 0 radical (unpaired) electrons. The van der Waals surface area contributed by atoms with E-state index in [1.54, 1.807) is 18.4 Å². The number of hydrogen-bond donors (Lipinski definition) is 0. The topological polar surface area (TPSA) is 22.1 Å². The number of para-hydroxylation sites is 1. The number of ether oxygens (including phenoxy) is 1. The summed E-state index contributed by atoms with van der Waals surface area (Å²) in [4.78, 5) is 6.02. The Morgan fingerprint density at radius 1 is 0.950 bits per heavy atom. The smallest absolute Gasteiger partial charge is 0.129 e. The van der Waals surface area contributed by atoms with Gasteiger partial charge in [-0.1, -0.05) is 42.5 Å². The predicted molar refractivity (Wildman–Crippen MR) is 84.3 cm³/mol. The van der Waals surface area contributed by atoms with Crippen LogP contribution in [0.3, 0.4) is 0 Å². The number of aromatic nitrogens is 1. The van der Waals surface area contributed by atoms with Crippen molar-refractivity contribution in [3.8, 4) is 27.6 Å². The average Bonchev–Trinajstić information content (AvgIpc) is 2.90. The molecular formula is C17H15NOS. The van der Waals surface area contributed by atoms with Crippen molar-refractivity contribution >= 4 is 11.3 Å². The second kappa shape index (κ2) is 5.47. The van der Waals surface area contributed by atoms with E-state index in [1.807, 2.05) is 42.5 Å². The Kier molecular flexibility index (Phi) is 3.52. The fourth-order valence-corrected chi connectivity index (χ4v) is 3.16. The van der Waals surface area contributed by atoms with Crippen molar-refractivity contribution in [3.63, 3.8) is 0 Å². The Hall–Kier alpha value is -2.13. The standard InChI is InChI=1S/C17H15NOS/c1-12-16(13-8-4-3-5-9-13)18-17(20-12)14-10-6-7-11-15(14)19-2/h3-11H,1-2H3. The van der Waals surface area contributed by atoms with Gasteiger partial charge in [-0.05, 0) is 19.1 Å². The summed E-state index contributed by atoms with van der Waals surface area (Å²) in [6, 6.07) is 18.3. The molecule has 0 atom stereocenters. The molecule has 0 amide bonds. The summed E-state index contributed by atoms with van der Waals surface area (Å²) in [5.41, 5.74) is 3.25. The molecule has 1 heterocycles. The van der Waals surface area contributed by atoms with Crippen molar-refractivity contribution in [2.24, 2.45) is 0 Å². The highest BCUT2D eigenvalue weighted by Crippen LogP contribution is 2.37. The molecule has 0 saturated heterocycles. The molecule has 3 aromatic rings. The first-order chi connectivity index (χ1) is 9.79. The number of hydrogen-bond acceptors (Lipinski definition) is 3. The molecule has 2 aromatic carbocycles. The summed E-state index contributed by atoms with van der Waals surface area (Å²) in [5, 5.41) is 0.999. The third kappa shape index (κ3) is 2.32. The van der Waals surface area contributed by atoms with Gasteiger partial charge in [-0.2, -0.15) is 0 Å². The Bertz CT molecular complexity index is 719. The maximum absolute atomic E-state index is 5.42. The lowest BCUT2D eigenvalue weighted by atomic mass is 10.1. The quantitative estimate of drug-likeness (QED) is 0.688. The first kappa shape index (κ1) is 12.9. The number of aryl methyl sites for hydroxylation is 1. The highest BCUT2D eigenvalue weighted by Gasteiger charge is 2.13. The van der Waals surface area contributed by atoms with Gasteiger partial charge in [0, 0.05) is 10.4 Å². The van der Waals surface area contributed by atoms with E-state index in [9.17, 15) is 0 Å². The maximum atomic E-state index is 5.42. The molecule has 20 heavy (non-hydrogen) atoms. The van der Waals surface area contributed by atoms with E-state index >= 15 is 0 Å². The Labute approximate surface area is 122 Å². The minimum absolute atomic E-state index is 0.862. The second-order valence-electron chi connectivity index (χ2n) is 4.49. The Morgan fingerprint density at radius 3 is 2.40 bits per heavy atom. The largest absolute Gasteiger partial charge is 0.496 e. The van der Waals surface area contributed by atoms with Gasteiger partial charge in [-0.15, -0.1) is 11.3 Å². The van der Waals surface area contributed by atoms with Crippen molar-refractivity contribution in [2.75, 3.05) is 7.11 Å². The highest BCUT2D eigenvalue weighted by atomic mass is 32.1. The number of thiazole rings is 1. The van der Waals surface area contributed by atoms with Crippen molar-refractivity contribution in [1.82, 2.24) is 4.98 Å². The van der Waals surface area contributed by atoms with E-state index in [4.69, 9.17) is 9.72 Å². The number of nitrogens with zero attached hydrogens (tertiary/aromatic N) is 1. The van der Waals surface area contributed by atoms with Gasteiger partial charge in [-0.3, -0.25) is 0 Å².